The number of nitrogens with zero attached hydrogens (tertiary/aromatic N) is 3. The molecule has 0 atom stereocenters. The van der Waals surface area contributed by atoms with Crippen LogP contribution in [-0.2, 0) is 13.6 Å². The predicted octanol–water partition coefficient (Wildman–Crippen LogP) is 2.51. The van der Waals surface area contributed by atoms with E-state index in [9.17, 15) is 0 Å². The minimum Gasteiger partial charge on any atom is -0.357 e. The lowest BCUT2D eigenvalue weighted by Gasteiger charge is -2.11. The van der Waals surface area contributed by atoms with Gasteiger partial charge in [0.1, 0.15) is 0 Å². The summed E-state index contributed by atoms with van der Waals surface area (Å²) in [6, 6.07) is 0. The summed E-state index contributed by atoms with van der Waals surface area (Å²) in [5.74, 6) is 1.86. The van der Waals surface area contributed by atoms with Crippen molar-refractivity contribution in [1.29, 1.82) is 0 Å². The fourth-order valence-corrected chi connectivity index (χ4v) is 2.35. The summed E-state index contributed by atoms with van der Waals surface area (Å²) in [4.78, 5) is 4.68. The van der Waals surface area contributed by atoms with Crippen LogP contribution in [0.1, 0.15) is 43.1 Å². The molecule has 1 aromatic rings. The van der Waals surface area contributed by atoms with Crippen molar-refractivity contribution < 1.29 is 0 Å². The average Bonchev–Trinajstić information content (AvgIpc) is 3.18. The van der Waals surface area contributed by atoms with Crippen LogP contribution in [0.4, 0.5) is 0 Å². The Kier molecular flexibility index (Phi) is 7.48. The quantitative estimate of drug-likeness (QED) is 0.435. The summed E-state index contributed by atoms with van der Waals surface area (Å²) < 4.78 is 1.92. The Bertz CT molecular complexity index is 477. The molecule has 0 aliphatic heterocycles. The first kappa shape index (κ1) is 18.3. The number of halogens is 1. The number of nitrogens with one attached hydrogen (secondary N) is 2. The fourth-order valence-electron chi connectivity index (χ4n) is 2.35. The molecule has 0 spiro atoms. The third-order valence-corrected chi connectivity index (χ3v) is 3.94. The standard InChI is InChI=1S/C15H27N5.HI/c1-5-16-15(17-9-8-13-6-7-13)18-10-14-11(2)19-20(4)12(14)3;/h13H,5-10H2,1-4H3,(H2,16,17,18);1H. The molecule has 120 valence electrons. The number of guanidine groups is 1. The molecule has 0 saturated heterocycles. The Balaban J connectivity index is 0.00000220. The first-order valence-electron chi connectivity index (χ1n) is 7.63. The Hall–Kier alpha value is -0.790. The summed E-state index contributed by atoms with van der Waals surface area (Å²) in [6.45, 7) is 8.83. The van der Waals surface area contributed by atoms with Crippen LogP contribution in [0.3, 0.4) is 0 Å². The highest BCUT2D eigenvalue weighted by Gasteiger charge is 2.20. The fraction of sp³-hybridized carbons (Fsp3) is 0.733. The largest absolute Gasteiger partial charge is 0.357 e. The SMILES string of the molecule is CCNC(=NCc1c(C)nn(C)c1C)NCCC1CC1.I. The van der Waals surface area contributed by atoms with Gasteiger partial charge in [0.15, 0.2) is 5.96 Å². The molecule has 2 N–H and O–H groups in total. The van der Waals surface area contributed by atoms with Crippen LogP contribution in [0.2, 0.25) is 0 Å². The van der Waals surface area contributed by atoms with Gasteiger partial charge in [-0.1, -0.05) is 12.8 Å². The summed E-state index contributed by atoms with van der Waals surface area (Å²) in [5.41, 5.74) is 3.49. The summed E-state index contributed by atoms with van der Waals surface area (Å²) in [5, 5.41) is 11.2. The van der Waals surface area contributed by atoms with Crippen molar-refractivity contribution >= 4 is 29.9 Å². The summed E-state index contributed by atoms with van der Waals surface area (Å²) in [6.07, 6.45) is 4.07. The van der Waals surface area contributed by atoms with Crippen LogP contribution < -0.4 is 10.6 Å². The Morgan fingerprint density at radius 2 is 2.05 bits per heavy atom. The average molecular weight is 405 g/mol. The van der Waals surface area contributed by atoms with Gasteiger partial charge in [-0.15, -0.1) is 24.0 Å². The predicted molar refractivity (Wildman–Crippen MR) is 98.3 cm³/mol. The van der Waals surface area contributed by atoms with Crippen molar-refractivity contribution in [2.24, 2.45) is 18.0 Å². The summed E-state index contributed by atoms with van der Waals surface area (Å²) >= 11 is 0. The molecule has 1 fully saturated rings. The number of aliphatic imine (C=N–C) groups is 1. The minimum atomic E-state index is 0. The van der Waals surface area contributed by atoms with Gasteiger partial charge in [0.25, 0.3) is 0 Å². The molecule has 1 saturated carbocycles. The smallest absolute Gasteiger partial charge is 0.191 e. The number of aromatic nitrogens is 2. The van der Waals surface area contributed by atoms with Crippen molar-refractivity contribution in [3.05, 3.63) is 17.0 Å². The van der Waals surface area contributed by atoms with E-state index in [2.05, 4.69) is 34.6 Å². The van der Waals surface area contributed by atoms with Crippen molar-refractivity contribution in [1.82, 2.24) is 20.4 Å². The maximum Gasteiger partial charge on any atom is 0.191 e. The third kappa shape index (κ3) is 5.48. The second-order valence-corrected chi connectivity index (χ2v) is 5.63. The highest BCUT2D eigenvalue weighted by atomic mass is 127. The van der Waals surface area contributed by atoms with E-state index in [0.717, 1.165) is 30.7 Å². The Morgan fingerprint density at radius 1 is 1.33 bits per heavy atom. The van der Waals surface area contributed by atoms with Crippen LogP contribution in [-0.4, -0.2) is 28.8 Å². The zero-order chi connectivity index (χ0) is 14.5. The van der Waals surface area contributed by atoms with Crippen LogP contribution >= 0.6 is 24.0 Å². The maximum atomic E-state index is 4.68. The highest BCUT2D eigenvalue weighted by Crippen LogP contribution is 2.31. The lowest BCUT2D eigenvalue weighted by molar-refractivity contribution is 0.685. The molecular weight excluding hydrogens is 377 g/mol. The molecule has 2 rings (SSSR count). The Labute approximate surface area is 145 Å². The number of aryl methyl sites for hydroxylation is 2. The van der Waals surface area contributed by atoms with E-state index in [1.807, 2.05) is 18.7 Å². The topological polar surface area (TPSA) is 54.2 Å². The van der Waals surface area contributed by atoms with Crippen LogP contribution in [0.5, 0.6) is 0 Å². The third-order valence-electron chi connectivity index (χ3n) is 3.94. The molecule has 1 aromatic heterocycles. The van der Waals surface area contributed by atoms with Crippen LogP contribution in [0.25, 0.3) is 0 Å². The van der Waals surface area contributed by atoms with E-state index in [4.69, 9.17) is 0 Å². The minimum absolute atomic E-state index is 0. The van der Waals surface area contributed by atoms with Gasteiger partial charge in [0.2, 0.25) is 0 Å². The number of hydrogen-bond acceptors (Lipinski definition) is 2. The monoisotopic (exact) mass is 405 g/mol. The molecule has 1 aliphatic carbocycles. The van der Waals surface area contributed by atoms with Gasteiger partial charge in [-0.3, -0.25) is 4.68 Å². The second-order valence-electron chi connectivity index (χ2n) is 5.63. The van der Waals surface area contributed by atoms with Gasteiger partial charge in [-0.05, 0) is 33.1 Å². The van der Waals surface area contributed by atoms with Gasteiger partial charge in [-0.25, -0.2) is 4.99 Å². The highest BCUT2D eigenvalue weighted by molar-refractivity contribution is 14.0. The molecule has 0 bridgehead atoms. The first-order chi connectivity index (χ1) is 9.61. The molecule has 21 heavy (non-hydrogen) atoms. The van der Waals surface area contributed by atoms with Crippen molar-refractivity contribution in [3.63, 3.8) is 0 Å². The normalized spacial score (nSPS) is 14.8. The molecular formula is C15H28IN5. The van der Waals surface area contributed by atoms with Gasteiger partial charge in [0, 0.05) is 31.4 Å². The van der Waals surface area contributed by atoms with E-state index < -0.39 is 0 Å². The van der Waals surface area contributed by atoms with Gasteiger partial charge in [0.05, 0.1) is 12.2 Å². The van der Waals surface area contributed by atoms with E-state index in [1.165, 1.54) is 30.5 Å². The Morgan fingerprint density at radius 3 is 2.57 bits per heavy atom. The van der Waals surface area contributed by atoms with Crippen molar-refractivity contribution in [2.75, 3.05) is 13.1 Å². The second kappa shape index (κ2) is 8.60. The molecule has 1 aliphatic rings. The molecule has 0 unspecified atom stereocenters. The van der Waals surface area contributed by atoms with Crippen LogP contribution in [0, 0.1) is 19.8 Å². The molecule has 6 heteroatoms. The van der Waals surface area contributed by atoms with Crippen LogP contribution in [0.15, 0.2) is 4.99 Å². The first-order valence-corrected chi connectivity index (χ1v) is 7.63. The maximum absolute atomic E-state index is 4.68. The lowest BCUT2D eigenvalue weighted by atomic mass is 10.2. The molecule has 5 nitrogen and oxygen atoms in total. The summed E-state index contributed by atoms with van der Waals surface area (Å²) in [7, 11) is 1.98. The van der Waals surface area contributed by atoms with Gasteiger partial charge in [-0.2, -0.15) is 5.10 Å². The van der Waals surface area contributed by atoms with E-state index in [-0.39, 0.29) is 24.0 Å². The van der Waals surface area contributed by atoms with Crippen molar-refractivity contribution in [2.45, 2.75) is 46.6 Å². The zero-order valence-electron chi connectivity index (χ0n) is 13.6. The number of rotatable bonds is 6. The molecule has 1 heterocycles. The van der Waals surface area contributed by atoms with E-state index >= 15 is 0 Å². The zero-order valence-corrected chi connectivity index (χ0v) is 15.9. The van der Waals surface area contributed by atoms with Gasteiger partial charge >= 0.3 is 0 Å². The number of hydrogen-bond donors (Lipinski definition) is 2. The van der Waals surface area contributed by atoms with E-state index in [0.29, 0.717) is 6.54 Å². The lowest BCUT2D eigenvalue weighted by Crippen LogP contribution is -2.37. The van der Waals surface area contributed by atoms with E-state index in [1.54, 1.807) is 0 Å². The van der Waals surface area contributed by atoms with Gasteiger partial charge < -0.3 is 10.6 Å². The molecule has 0 radical (unpaired) electrons. The van der Waals surface area contributed by atoms with Crippen molar-refractivity contribution in [3.8, 4) is 0 Å². The molecule has 0 aromatic carbocycles. The molecule has 0 amide bonds.